The van der Waals surface area contributed by atoms with Crippen LogP contribution in [0, 0.1) is 6.92 Å². The van der Waals surface area contributed by atoms with E-state index >= 15 is 0 Å². The molecule has 1 aliphatic carbocycles. The van der Waals surface area contributed by atoms with Crippen LogP contribution in [0.3, 0.4) is 0 Å². The summed E-state index contributed by atoms with van der Waals surface area (Å²) in [5.41, 5.74) is 6.56. The van der Waals surface area contributed by atoms with Crippen LogP contribution in [0.1, 0.15) is 16.7 Å². The second kappa shape index (κ2) is 6.86. The van der Waals surface area contributed by atoms with Gasteiger partial charge in [0, 0.05) is 5.56 Å². The lowest BCUT2D eigenvalue weighted by Gasteiger charge is -2.29. The van der Waals surface area contributed by atoms with E-state index in [0.29, 0.717) is 0 Å². The molecule has 0 atom stereocenters. The Kier molecular flexibility index (Phi) is 4.53. The van der Waals surface area contributed by atoms with E-state index in [0.717, 1.165) is 12.2 Å². The SMILES string of the molecule is COc1c(-c2ccccc2)cc(C)cc1[Si](C)(C)c1cccc2c1C=CC2. The lowest BCUT2D eigenvalue weighted by molar-refractivity contribution is 0.419. The Morgan fingerprint density at radius 2 is 1.67 bits per heavy atom. The monoisotopic (exact) mass is 370 g/mol. The maximum absolute atomic E-state index is 6.03. The molecule has 0 bridgehead atoms. The van der Waals surface area contributed by atoms with Gasteiger partial charge in [0.2, 0.25) is 0 Å². The third-order valence-electron chi connectivity index (χ3n) is 5.69. The van der Waals surface area contributed by atoms with Gasteiger partial charge in [-0.1, -0.05) is 85.4 Å². The summed E-state index contributed by atoms with van der Waals surface area (Å²) in [7, 11) is -0.144. The second-order valence-electron chi connectivity index (χ2n) is 7.87. The van der Waals surface area contributed by atoms with Crippen molar-refractivity contribution in [2.24, 2.45) is 0 Å². The molecule has 0 aromatic heterocycles. The van der Waals surface area contributed by atoms with Gasteiger partial charge in [-0.25, -0.2) is 0 Å². The predicted molar refractivity (Wildman–Crippen MR) is 119 cm³/mol. The fraction of sp³-hybridized carbons (Fsp3) is 0.200. The molecule has 0 saturated carbocycles. The molecule has 0 N–H and O–H groups in total. The first-order valence-electron chi connectivity index (χ1n) is 9.56. The van der Waals surface area contributed by atoms with Gasteiger partial charge < -0.3 is 4.74 Å². The number of hydrogen-bond donors (Lipinski definition) is 0. The zero-order valence-corrected chi connectivity index (χ0v) is 17.5. The summed E-state index contributed by atoms with van der Waals surface area (Å²) < 4.78 is 6.03. The Balaban J connectivity index is 1.95. The summed E-state index contributed by atoms with van der Waals surface area (Å²) in [5.74, 6) is 1.03. The molecule has 3 aromatic rings. The van der Waals surface area contributed by atoms with Crippen molar-refractivity contribution in [3.63, 3.8) is 0 Å². The van der Waals surface area contributed by atoms with Gasteiger partial charge in [-0.15, -0.1) is 0 Å². The Hall–Kier alpha value is -2.58. The molecule has 0 spiro atoms. The molecule has 0 unspecified atom stereocenters. The normalized spacial score (nSPS) is 12.9. The molecule has 136 valence electrons. The lowest BCUT2D eigenvalue weighted by Crippen LogP contribution is -2.54. The first-order chi connectivity index (χ1) is 13.0. The highest BCUT2D eigenvalue weighted by Crippen LogP contribution is 2.32. The van der Waals surface area contributed by atoms with Crippen molar-refractivity contribution in [3.05, 3.63) is 83.4 Å². The van der Waals surface area contributed by atoms with Crippen LogP contribution >= 0.6 is 0 Å². The van der Waals surface area contributed by atoms with Crippen molar-refractivity contribution in [3.8, 4) is 16.9 Å². The van der Waals surface area contributed by atoms with E-state index in [2.05, 4.69) is 92.8 Å². The molecule has 0 saturated heterocycles. The molecule has 3 aromatic carbocycles. The molecule has 4 rings (SSSR count). The van der Waals surface area contributed by atoms with Crippen molar-refractivity contribution >= 4 is 24.5 Å². The van der Waals surface area contributed by atoms with Crippen LogP contribution < -0.4 is 15.1 Å². The van der Waals surface area contributed by atoms with Crippen molar-refractivity contribution in [1.82, 2.24) is 0 Å². The van der Waals surface area contributed by atoms with Gasteiger partial charge in [0.1, 0.15) is 13.8 Å². The highest BCUT2D eigenvalue weighted by molar-refractivity contribution is 7.01. The maximum Gasteiger partial charge on any atom is 0.126 e. The molecule has 0 aliphatic heterocycles. The van der Waals surface area contributed by atoms with E-state index in [1.807, 2.05) is 0 Å². The summed E-state index contributed by atoms with van der Waals surface area (Å²) in [4.78, 5) is 0. The van der Waals surface area contributed by atoms with Gasteiger partial charge in [-0.05, 0) is 46.5 Å². The third-order valence-corrected chi connectivity index (χ3v) is 9.19. The first-order valence-corrected chi connectivity index (χ1v) is 12.6. The smallest absolute Gasteiger partial charge is 0.126 e. The van der Waals surface area contributed by atoms with E-state index in [-0.39, 0.29) is 0 Å². The zero-order valence-electron chi connectivity index (χ0n) is 16.5. The summed E-state index contributed by atoms with van der Waals surface area (Å²) in [5, 5.41) is 2.87. The van der Waals surface area contributed by atoms with E-state index in [1.54, 1.807) is 7.11 Å². The van der Waals surface area contributed by atoms with Crippen molar-refractivity contribution in [2.45, 2.75) is 26.4 Å². The predicted octanol–water partition coefficient (Wildman–Crippen LogP) is 5.06. The summed E-state index contributed by atoms with van der Waals surface area (Å²) in [6, 6.07) is 22.0. The number of allylic oxidation sites excluding steroid dienone is 1. The summed E-state index contributed by atoms with van der Waals surface area (Å²) in [6.45, 7) is 7.08. The van der Waals surface area contributed by atoms with Crippen LogP contribution in [0.5, 0.6) is 5.75 Å². The number of rotatable bonds is 4. The van der Waals surface area contributed by atoms with Gasteiger partial charge in [-0.3, -0.25) is 0 Å². The van der Waals surface area contributed by atoms with E-state index in [4.69, 9.17) is 4.74 Å². The van der Waals surface area contributed by atoms with Crippen LogP contribution in [-0.2, 0) is 6.42 Å². The number of fused-ring (bicyclic) bond motifs is 1. The van der Waals surface area contributed by atoms with Crippen molar-refractivity contribution in [1.29, 1.82) is 0 Å². The topological polar surface area (TPSA) is 9.23 Å². The molecule has 0 fully saturated rings. The number of aryl methyl sites for hydroxylation is 1. The van der Waals surface area contributed by atoms with Crippen LogP contribution in [0.25, 0.3) is 17.2 Å². The van der Waals surface area contributed by atoms with Crippen LogP contribution in [0.15, 0.2) is 66.7 Å². The fourth-order valence-electron chi connectivity index (χ4n) is 4.27. The minimum atomic E-state index is -1.95. The molecule has 1 nitrogen and oxygen atoms in total. The Bertz CT molecular complexity index is 1020. The molecule has 0 heterocycles. The molecular weight excluding hydrogens is 344 g/mol. The summed E-state index contributed by atoms with van der Waals surface area (Å²) >= 11 is 0. The zero-order chi connectivity index (χ0) is 19.0. The van der Waals surface area contributed by atoms with E-state index in [9.17, 15) is 0 Å². The van der Waals surface area contributed by atoms with Crippen LogP contribution in [0.4, 0.5) is 0 Å². The van der Waals surface area contributed by atoms with Gasteiger partial charge in [0.05, 0.1) is 7.11 Å². The highest BCUT2D eigenvalue weighted by atomic mass is 28.3. The van der Waals surface area contributed by atoms with Crippen molar-refractivity contribution < 1.29 is 4.74 Å². The second-order valence-corrected chi connectivity index (χ2v) is 12.2. The van der Waals surface area contributed by atoms with Gasteiger partial charge in [0.25, 0.3) is 0 Å². The number of methoxy groups -OCH3 is 1. The third kappa shape index (κ3) is 3.04. The number of benzene rings is 3. The van der Waals surface area contributed by atoms with E-state index in [1.165, 1.54) is 38.2 Å². The van der Waals surface area contributed by atoms with Gasteiger partial charge >= 0.3 is 0 Å². The van der Waals surface area contributed by atoms with Crippen LogP contribution in [-0.4, -0.2) is 15.2 Å². The Morgan fingerprint density at radius 1 is 0.889 bits per heavy atom. The number of ether oxygens (including phenoxy) is 1. The summed E-state index contributed by atoms with van der Waals surface area (Å²) in [6.07, 6.45) is 5.63. The quantitative estimate of drug-likeness (QED) is 0.583. The molecule has 0 radical (unpaired) electrons. The minimum absolute atomic E-state index is 1.03. The van der Waals surface area contributed by atoms with Crippen molar-refractivity contribution in [2.75, 3.05) is 7.11 Å². The molecule has 27 heavy (non-hydrogen) atoms. The minimum Gasteiger partial charge on any atom is -0.496 e. The Morgan fingerprint density at radius 3 is 2.41 bits per heavy atom. The molecule has 2 heteroatoms. The number of hydrogen-bond acceptors (Lipinski definition) is 1. The Labute approximate surface area is 163 Å². The highest BCUT2D eigenvalue weighted by Gasteiger charge is 2.33. The first kappa shape index (κ1) is 17.8. The average Bonchev–Trinajstić information content (AvgIpc) is 3.16. The molecule has 0 amide bonds. The average molecular weight is 371 g/mol. The van der Waals surface area contributed by atoms with Crippen LogP contribution in [0.2, 0.25) is 13.1 Å². The largest absolute Gasteiger partial charge is 0.496 e. The molecule has 1 aliphatic rings. The standard InChI is InChI=1S/C25H26OSi/c1-18-16-22(20-10-6-5-7-11-20)25(26-2)24(17-18)27(3,4)23-15-9-13-19-12-8-14-21(19)23/h5-11,13-17H,12H2,1-4H3. The van der Waals surface area contributed by atoms with E-state index < -0.39 is 8.07 Å². The fourth-order valence-corrected chi connectivity index (χ4v) is 7.38. The lowest BCUT2D eigenvalue weighted by atomic mass is 10.0. The van der Waals surface area contributed by atoms with Gasteiger partial charge in [-0.2, -0.15) is 0 Å². The van der Waals surface area contributed by atoms with Gasteiger partial charge in [0.15, 0.2) is 0 Å². The maximum atomic E-state index is 6.03. The molecular formula is C25H26OSi.